The number of carbonyl (C=O) groups is 1. The van der Waals surface area contributed by atoms with E-state index in [9.17, 15) is 4.79 Å². The van der Waals surface area contributed by atoms with Crippen molar-refractivity contribution < 1.29 is 4.79 Å². The van der Waals surface area contributed by atoms with Crippen molar-refractivity contribution in [3.8, 4) is 0 Å². The van der Waals surface area contributed by atoms with Gasteiger partial charge in [-0.2, -0.15) is 0 Å². The van der Waals surface area contributed by atoms with Gasteiger partial charge in [0, 0.05) is 18.5 Å². The van der Waals surface area contributed by atoms with Crippen molar-refractivity contribution in [1.29, 1.82) is 0 Å². The number of likely N-dealkylation sites (tertiary alicyclic amines) is 1. The van der Waals surface area contributed by atoms with Crippen LogP contribution in [0.25, 0.3) is 0 Å². The van der Waals surface area contributed by atoms with Crippen molar-refractivity contribution in [2.75, 3.05) is 6.54 Å². The van der Waals surface area contributed by atoms with E-state index in [1.165, 1.54) is 12.8 Å². The number of amides is 1. The lowest BCUT2D eigenvalue weighted by atomic mass is 10.0. The maximum absolute atomic E-state index is 12.1. The molecule has 0 aromatic heterocycles. The van der Waals surface area contributed by atoms with Crippen LogP contribution in [0.1, 0.15) is 52.9 Å². The zero-order valence-electron chi connectivity index (χ0n) is 9.75. The molecule has 2 heteroatoms. The van der Waals surface area contributed by atoms with Crippen LogP contribution in [0.3, 0.4) is 0 Å². The van der Waals surface area contributed by atoms with Gasteiger partial charge in [-0.1, -0.05) is 20.8 Å². The Bertz CT molecular complexity index is 187. The smallest absolute Gasteiger partial charge is 0.225 e. The first-order valence-corrected chi connectivity index (χ1v) is 6.05. The van der Waals surface area contributed by atoms with Crippen LogP contribution in [-0.4, -0.2) is 23.4 Å². The predicted molar refractivity (Wildman–Crippen MR) is 59.1 cm³/mol. The van der Waals surface area contributed by atoms with Gasteiger partial charge < -0.3 is 4.90 Å². The first kappa shape index (κ1) is 11.5. The van der Waals surface area contributed by atoms with Crippen LogP contribution in [0.5, 0.6) is 0 Å². The van der Waals surface area contributed by atoms with Gasteiger partial charge in [0.2, 0.25) is 5.91 Å². The largest absolute Gasteiger partial charge is 0.339 e. The summed E-state index contributed by atoms with van der Waals surface area (Å²) in [5, 5.41) is 0. The number of rotatable bonds is 4. The molecule has 0 spiro atoms. The van der Waals surface area contributed by atoms with E-state index < -0.39 is 0 Å². The summed E-state index contributed by atoms with van der Waals surface area (Å²) in [7, 11) is 0. The van der Waals surface area contributed by atoms with E-state index in [4.69, 9.17) is 0 Å². The summed E-state index contributed by atoms with van der Waals surface area (Å²) in [6, 6.07) is 0.531. The lowest BCUT2D eigenvalue weighted by Crippen LogP contribution is -2.39. The van der Waals surface area contributed by atoms with Crippen LogP contribution in [0.2, 0.25) is 0 Å². The zero-order valence-corrected chi connectivity index (χ0v) is 9.75. The van der Waals surface area contributed by atoms with Crippen LogP contribution >= 0.6 is 0 Å². The molecule has 1 saturated heterocycles. The Morgan fingerprint density at radius 1 is 1.36 bits per heavy atom. The highest BCUT2D eigenvalue weighted by molar-refractivity contribution is 5.79. The Kier molecular flexibility index (Phi) is 4.43. The zero-order chi connectivity index (χ0) is 10.6. The predicted octanol–water partition coefficient (Wildman–Crippen LogP) is 2.82. The summed E-state index contributed by atoms with van der Waals surface area (Å²) in [5.74, 6) is 0.668. The minimum atomic E-state index is 0.266. The molecule has 1 unspecified atom stereocenters. The molecule has 0 aliphatic carbocycles. The molecule has 0 N–H and O–H groups in total. The standard InChI is InChI=1S/C12H23NO/c1-4-10(5-2)12(14)13-9-7-8-11(13)6-3/h10-11H,4-9H2,1-3H3. The highest BCUT2D eigenvalue weighted by Crippen LogP contribution is 2.23. The molecule has 1 atom stereocenters. The summed E-state index contributed by atoms with van der Waals surface area (Å²) in [6.45, 7) is 7.41. The van der Waals surface area contributed by atoms with E-state index in [1.807, 2.05) is 0 Å². The number of carbonyl (C=O) groups excluding carboxylic acids is 1. The molecule has 0 radical (unpaired) electrons. The van der Waals surface area contributed by atoms with Gasteiger partial charge in [-0.05, 0) is 32.1 Å². The molecule has 1 rings (SSSR count). The molecule has 1 amide bonds. The summed E-state index contributed by atoms with van der Waals surface area (Å²) < 4.78 is 0. The molecule has 0 aromatic rings. The normalized spacial score (nSPS) is 22.0. The minimum absolute atomic E-state index is 0.266. The molecule has 1 heterocycles. The fraction of sp³-hybridized carbons (Fsp3) is 0.917. The van der Waals surface area contributed by atoms with Crippen LogP contribution in [0, 0.1) is 5.92 Å². The molecule has 0 bridgehead atoms. The molecule has 1 aliphatic heterocycles. The van der Waals surface area contributed by atoms with E-state index in [2.05, 4.69) is 25.7 Å². The first-order chi connectivity index (χ1) is 6.74. The monoisotopic (exact) mass is 197 g/mol. The van der Waals surface area contributed by atoms with Gasteiger partial charge in [0.15, 0.2) is 0 Å². The molecule has 0 saturated carbocycles. The van der Waals surface area contributed by atoms with E-state index in [0.29, 0.717) is 11.9 Å². The number of hydrogen-bond donors (Lipinski definition) is 0. The molecule has 2 nitrogen and oxygen atoms in total. The number of nitrogens with zero attached hydrogens (tertiary/aromatic N) is 1. The Labute approximate surface area is 87.7 Å². The fourth-order valence-corrected chi connectivity index (χ4v) is 2.42. The molecule has 82 valence electrons. The third kappa shape index (κ3) is 2.28. The SMILES string of the molecule is CCC(CC)C(=O)N1CCCC1CC. The van der Waals surface area contributed by atoms with Crippen molar-refractivity contribution in [2.45, 2.75) is 58.9 Å². The second-order valence-corrected chi connectivity index (χ2v) is 4.25. The topological polar surface area (TPSA) is 20.3 Å². The third-order valence-corrected chi connectivity index (χ3v) is 3.47. The van der Waals surface area contributed by atoms with Crippen LogP contribution in [0.15, 0.2) is 0 Å². The van der Waals surface area contributed by atoms with Crippen molar-refractivity contribution in [3.05, 3.63) is 0 Å². The van der Waals surface area contributed by atoms with Gasteiger partial charge in [0.1, 0.15) is 0 Å². The van der Waals surface area contributed by atoms with Gasteiger partial charge in [-0.15, -0.1) is 0 Å². The summed E-state index contributed by atoms with van der Waals surface area (Å²) in [6.07, 6.45) is 5.50. The Morgan fingerprint density at radius 3 is 2.50 bits per heavy atom. The van der Waals surface area contributed by atoms with E-state index in [0.717, 1.165) is 25.8 Å². The maximum Gasteiger partial charge on any atom is 0.225 e. The summed E-state index contributed by atoms with van der Waals surface area (Å²) in [4.78, 5) is 14.2. The number of hydrogen-bond acceptors (Lipinski definition) is 1. The fourth-order valence-electron chi connectivity index (χ4n) is 2.42. The molecule has 14 heavy (non-hydrogen) atoms. The minimum Gasteiger partial charge on any atom is -0.339 e. The Balaban J connectivity index is 2.58. The summed E-state index contributed by atoms with van der Waals surface area (Å²) >= 11 is 0. The van der Waals surface area contributed by atoms with Crippen molar-refractivity contribution >= 4 is 5.91 Å². The molecule has 1 fully saturated rings. The summed E-state index contributed by atoms with van der Waals surface area (Å²) in [5.41, 5.74) is 0. The first-order valence-electron chi connectivity index (χ1n) is 6.05. The van der Waals surface area contributed by atoms with Gasteiger partial charge >= 0.3 is 0 Å². The lowest BCUT2D eigenvalue weighted by molar-refractivity contribution is -0.136. The van der Waals surface area contributed by atoms with Crippen molar-refractivity contribution in [3.63, 3.8) is 0 Å². The maximum atomic E-state index is 12.1. The van der Waals surface area contributed by atoms with Gasteiger partial charge in [-0.25, -0.2) is 0 Å². The third-order valence-electron chi connectivity index (χ3n) is 3.47. The molecular formula is C12H23NO. The van der Waals surface area contributed by atoms with Crippen LogP contribution < -0.4 is 0 Å². The van der Waals surface area contributed by atoms with Gasteiger partial charge in [0.05, 0.1) is 0 Å². The second kappa shape index (κ2) is 5.38. The molecular weight excluding hydrogens is 174 g/mol. The van der Waals surface area contributed by atoms with E-state index >= 15 is 0 Å². The van der Waals surface area contributed by atoms with Gasteiger partial charge in [-0.3, -0.25) is 4.79 Å². The molecule has 0 aromatic carbocycles. The van der Waals surface area contributed by atoms with Crippen LogP contribution in [0.4, 0.5) is 0 Å². The lowest BCUT2D eigenvalue weighted by Gasteiger charge is -2.27. The van der Waals surface area contributed by atoms with Crippen LogP contribution in [-0.2, 0) is 4.79 Å². The highest BCUT2D eigenvalue weighted by Gasteiger charge is 2.30. The quantitative estimate of drug-likeness (QED) is 0.678. The average molecular weight is 197 g/mol. The average Bonchev–Trinajstić information content (AvgIpc) is 2.67. The Hall–Kier alpha value is -0.530. The van der Waals surface area contributed by atoms with Crippen molar-refractivity contribution in [2.24, 2.45) is 5.92 Å². The second-order valence-electron chi connectivity index (χ2n) is 4.25. The van der Waals surface area contributed by atoms with Crippen molar-refractivity contribution in [1.82, 2.24) is 4.90 Å². The Morgan fingerprint density at radius 2 is 2.00 bits per heavy atom. The van der Waals surface area contributed by atoms with E-state index in [-0.39, 0.29) is 5.92 Å². The van der Waals surface area contributed by atoms with Gasteiger partial charge in [0.25, 0.3) is 0 Å². The molecule has 1 aliphatic rings. The highest BCUT2D eigenvalue weighted by atomic mass is 16.2. The van der Waals surface area contributed by atoms with E-state index in [1.54, 1.807) is 0 Å².